The van der Waals surface area contributed by atoms with Crippen LogP contribution in [-0.2, 0) is 19.1 Å². The van der Waals surface area contributed by atoms with E-state index in [4.69, 9.17) is 9.47 Å². The first-order valence-corrected chi connectivity index (χ1v) is 19.0. The molecule has 1 aliphatic heterocycles. The van der Waals surface area contributed by atoms with Gasteiger partial charge in [-0.25, -0.2) is 0 Å². The Balaban J connectivity index is 2.16. The van der Waals surface area contributed by atoms with Crippen molar-refractivity contribution in [1.29, 1.82) is 0 Å². The van der Waals surface area contributed by atoms with Crippen LogP contribution >= 0.6 is 0 Å². The van der Waals surface area contributed by atoms with E-state index in [1.54, 1.807) is 0 Å². The van der Waals surface area contributed by atoms with Gasteiger partial charge in [0.2, 0.25) is 0 Å². The van der Waals surface area contributed by atoms with Gasteiger partial charge in [-0.3, -0.25) is 9.59 Å². The highest BCUT2D eigenvalue weighted by molar-refractivity contribution is 5.69. The van der Waals surface area contributed by atoms with Gasteiger partial charge < -0.3 is 9.47 Å². The number of hydrogen-bond acceptors (Lipinski definition) is 4. The van der Waals surface area contributed by atoms with Crippen molar-refractivity contribution in [3.05, 3.63) is 0 Å². The summed E-state index contributed by atoms with van der Waals surface area (Å²) in [5.41, 5.74) is 0. The van der Waals surface area contributed by atoms with E-state index in [9.17, 15) is 9.59 Å². The highest BCUT2D eigenvalue weighted by Crippen LogP contribution is 2.13. The smallest absolute Gasteiger partial charge is 0.305 e. The molecule has 0 unspecified atom stereocenters. The quantitative estimate of drug-likeness (QED) is 0.202. The molecule has 4 heteroatoms. The summed E-state index contributed by atoms with van der Waals surface area (Å²) >= 11 is 0. The molecule has 0 aromatic rings. The molecule has 4 nitrogen and oxygen atoms in total. The molecule has 1 heterocycles. The van der Waals surface area contributed by atoms with Gasteiger partial charge in [0.15, 0.2) is 0 Å². The fourth-order valence-corrected chi connectivity index (χ4v) is 5.65. The average molecular weight is 613 g/mol. The minimum Gasteiger partial charge on any atom is -0.466 e. The zero-order chi connectivity index (χ0) is 31.4. The fourth-order valence-electron chi connectivity index (χ4n) is 5.65. The van der Waals surface area contributed by atoms with Crippen molar-refractivity contribution in [3.8, 4) is 23.7 Å². The van der Waals surface area contributed by atoms with Gasteiger partial charge in [0.05, 0.1) is 13.2 Å². The maximum Gasteiger partial charge on any atom is 0.305 e. The molecule has 0 amide bonds. The number of esters is 2. The zero-order valence-electron chi connectivity index (χ0n) is 28.7. The molecule has 0 aromatic carbocycles. The first kappa shape index (κ1) is 40.1. The van der Waals surface area contributed by atoms with Crippen LogP contribution in [0.15, 0.2) is 0 Å². The molecule has 0 N–H and O–H groups in total. The SMILES string of the molecule is O=C1CCCCCCCCC#CCCCCCCCCCOC(=O)CCCCCCCCC#CCCCCCCCCCO1. The Morgan fingerprint density at radius 1 is 0.295 bits per heavy atom. The lowest BCUT2D eigenvalue weighted by Gasteiger charge is -2.05. The van der Waals surface area contributed by atoms with Crippen molar-refractivity contribution >= 4 is 11.9 Å². The molecule has 0 radical (unpaired) electrons. The van der Waals surface area contributed by atoms with Gasteiger partial charge in [-0.1, -0.05) is 116 Å². The lowest BCUT2D eigenvalue weighted by molar-refractivity contribution is -0.144. The number of carbonyl (C=O) groups is 2. The molecular formula is C40H68O4. The Labute approximate surface area is 273 Å². The van der Waals surface area contributed by atoms with Crippen molar-refractivity contribution in [2.75, 3.05) is 13.2 Å². The largest absolute Gasteiger partial charge is 0.466 e. The standard InChI is InChI=1S/C40H68O4/c41-39-35-31-27-23-19-15-11-7-3-1-5-9-13-17-21-25-29-33-37-43-40(42)36-32-28-24-20-16-12-8-4-2-6-10-14-18-22-26-30-34-38-44-39/h5-38H2. The van der Waals surface area contributed by atoms with E-state index in [0.717, 1.165) is 77.0 Å². The van der Waals surface area contributed by atoms with Gasteiger partial charge in [-0.05, 0) is 51.4 Å². The summed E-state index contributed by atoms with van der Waals surface area (Å²) in [6, 6.07) is 0. The summed E-state index contributed by atoms with van der Waals surface area (Å²) < 4.78 is 10.9. The molecule has 0 atom stereocenters. The molecule has 0 saturated heterocycles. The summed E-state index contributed by atoms with van der Waals surface area (Å²) in [6.45, 7) is 1.18. The maximum absolute atomic E-state index is 11.9. The summed E-state index contributed by atoms with van der Waals surface area (Å²) in [4.78, 5) is 23.9. The van der Waals surface area contributed by atoms with Crippen LogP contribution < -0.4 is 0 Å². The predicted octanol–water partition coefficient (Wildman–Crippen LogP) is 11.6. The van der Waals surface area contributed by atoms with Crippen molar-refractivity contribution in [1.82, 2.24) is 0 Å². The van der Waals surface area contributed by atoms with Gasteiger partial charge in [0, 0.05) is 38.5 Å². The molecule has 0 aromatic heterocycles. The highest BCUT2D eigenvalue weighted by atomic mass is 16.5. The molecule has 0 spiro atoms. The predicted molar refractivity (Wildman–Crippen MR) is 185 cm³/mol. The molecule has 0 aliphatic carbocycles. The van der Waals surface area contributed by atoms with Crippen LogP contribution in [0.1, 0.15) is 205 Å². The molecule has 1 rings (SSSR count). The Hall–Kier alpha value is -1.94. The fraction of sp³-hybridized carbons (Fsp3) is 0.850. The van der Waals surface area contributed by atoms with Gasteiger partial charge >= 0.3 is 11.9 Å². The van der Waals surface area contributed by atoms with E-state index in [0.29, 0.717) is 26.1 Å². The van der Waals surface area contributed by atoms with Crippen LogP contribution in [0.2, 0.25) is 0 Å². The molecule has 44 heavy (non-hydrogen) atoms. The minimum atomic E-state index is -0.0129. The number of carbonyl (C=O) groups excluding carboxylic acids is 2. The van der Waals surface area contributed by atoms with Gasteiger partial charge in [-0.15, -0.1) is 23.7 Å². The number of rotatable bonds is 0. The second kappa shape index (κ2) is 33.9. The average Bonchev–Trinajstić information content (AvgIpc) is 3.02. The third kappa shape index (κ3) is 31.5. The molecule has 0 saturated carbocycles. The monoisotopic (exact) mass is 613 g/mol. The van der Waals surface area contributed by atoms with Crippen LogP contribution in [0.5, 0.6) is 0 Å². The summed E-state index contributed by atoms with van der Waals surface area (Å²) in [7, 11) is 0. The Morgan fingerprint density at radius 2 is 0.523 bits per heavy atom. The first-order chi connectivity index (χ1) is 21.8. The van der Waals surface area contributed by atoms with E-state index >= 15 is 0 Å². The van der Waals surface area contributed by atoms with E-state index in [2.05, 4.69) is 23.7 Å². The third-order valence-corrected chi connectivity index (χ3v) is 8.53. The van der Waals surface area contributed by atoms with E-state index in [1.165, 1.54) is 116 Å². The number of cyclic esters (lactones) is 2. The molecule has 0 bridgehead atoms. The first-order valence-electron chi connectivity index (χ1n) is 19.0. The number of hydrogen-bond donors (Lipinski definition) is 0. The van der Waals surface area contributed by atoms with Crippen LogP contribution in [0.4, 0.5) is 0 Å². The van der Waals surface area contributed by atoms with Gasteiger partial charge in [0.1, 0.15) is 0 Å². The second-order valence-electron chi connectivity index (χ2n) is 12.8. The van der Waals surface area contributed by atoms with Crippen molar-refractivity contribution < 1.29 is 19.1 Å². The molecule has 1 aliphatic rings. The van der Waals surface area contributed by atoms with Crippen LogP contribution in [-0.4, -0.2) is 25.2 Å². The van der Waals surface area contributed by atoms with Crippen LogP contribution in [0.25, 0.3) is 0 Å². The Morgan fingerprint density at radius 3 is 0.818 bits per heavy atom. The van der Waals surface area contributed by atoms with Gasteiger partial charge in [0.25, 0.3) is 0 Å². The van der Waals surface area contributed by atoms with Gasteiger partial charge in [-0.2, -0.15) is 0 Å². The van der Waals surface area contributed by atoms with Crippen molar-refractivity contribution in [2.45, 2.75) is 205 Å². The van der Waals surface area contributed by atoms with Crippen LogP contribution in [0, 0.1) is 23.7 Å². The van der Waals surface area contributed by atoms with E-state index in [1.807, 2.05) is 0 Å². The number of ether oxygens (including phenoxy) is 2. The third-order valence-electron chi connectivity index (χ3n) is 8.53. The summed E-state index contributed by atoms with van der Waals surface area (Å²) in [5.74, 6) is 13.4. The summed E-state index contributed by atoms with van der Waals surface area (Å²) in [5, 5.41) is 0. The summed E-state index contributed by atoms with van der Waals surface area (Å²) in [6.07, 6.45) is 36.0. The second-order valence-corrected chi connectivity index (χ2v) is 12.8. The molecule has 252 valence electrons. The lowest BCUT2D eigenvalue weighted by atomic mass is 10.1. The van der Waals surface area contributed by atoms with E-state index in [-0.39, 0.29) is 11.9 Å². The van der Waals surface area contributed by atoms with E-state index < -0.39 is 0 Å². The zero-order valence-corrected chi connectivity index (χ0v) is 28.7. The van der Waals surface area contributed by atoms with Crippen LogP contribution in [0.3, 0.4) is 0 Å². The van der Waals surface area contributed by atoms with Crippen molar-refractivity contribution in [3.63, 3.8) is 0 Å². The maximum atomic E-state index is 11.9. The highest BCUT2D eigenvalue weighted by Gasteiger charge is 2.04. The molecule has 0 fully saturated rings. The topological polar surface area (TPSA) is 52.6 Å². The minimum absolute atomic E-state index is 0.0129. The lowest BCUT2D eigenvalue weighted by Crippen LogP contribution is -2.05. The Bertz CT molecular complexity index is 715. The Kier molecular flexibility index (Phi) is 30.9. The van der Waals surface area contributed by atoms with Crippen molar-refractivity contribution in [2.24, 2.45) is 0 Å². The molecular weight excluding hydrogens is 544 g/mol. The normalized spacial score (nSPS) is 21.7.